The molecule has 0 bridgehead atoms. The van der Waals surface area contributed by atoms with Crippen LogP contribution < -0.4 is 0 Å². The van der Waals surface area contributed by atoms with Crippen LogP contribution in [0.2, 0.25) is 0 Å². The minimum absolute atomic E-state index is 0.317. The van der Waals surface area contributed by atoms with Crippen LogP contribution >= 0.6 is 0 Å². The summed E-state index contributed by atoms with van der Waals surface area (Å²) >= 11 is 0. The lowest BCUT2D eigenvalue weighted by Crippen LogP contribution is -2.55. The molecule has 1 rings (SSSR count). The van der Waals surface area contributed by atoms with Gasteiger partial charge in [0.1, 0.15) is 11.1 Å². The van der Waals surface area contributed by atoms with Crippen molar-refractivity contribution in [2.45, 2.75) is 77.9 Å². The van der Waals surface area contributed by atoms with E-state index in [0.717, 1.165) is 19.3 Å². The fourth-order valence-electron chi connectivity index (χ4n) is 3.21. The maximum atomic E-state index is 12.6. The molecule has 0 spiro atoms. The second-order valence-electron chi connectivity index (χ2n) is 7.15. The third-order valence-electron chi connectivity index (χ3n) is 4.45. The third-order valence-corrected chi connectivity index (χ3v) is 4.45. The van der Waals surface area contributed by atoms with Crippen LogP contribution in [0.25, 0.3) is 0 Å². The predicted molar refractivity (Wildman–Crippen MR) is 85.6 cm³/mol. The van der Waals surface area contributed by atoms with Crippen LogP contribution in [0, 0.1) is 5.92 Å². The lowest BCUT2D eigenvalue weighted by molar-refractivity contribution is -0.154. The number of ether oxygens (including phenoxy) is 2. The number of carbonyl (C=O) groups excluding carboxylic acids is 2. The van der Waals surface area contributed by atoms with E-state index in [1.54, 1.807) is 4.90 Å². The van der Waals surface area contributed by atoms with E-state index in [1.165, 1.54) is 7.11 Å². The molecule has 5 nitrogen and oxygen atoms in total. The first-order valence-corrected chi connectivity index (χ1v) is 8.29. The van der Waals surface area contributed by atoms with Gasteiger partial charge in [0.25, 0.3) is 0 Å². The number of methoxy groups -OCH3 is 1. The zero-order chi connectivity index (χ0) is 17.0. The van der Waals surface area contributed by atoms with Gasteiger partial charge in [-0.3, -0.25) is 4.90 Å². The molecule has 1 fully saturated rings. The Balaban J connectivity index is 3.07. The Morgan fingerprint density at radius 3 is 2.27 bits per heavy atom. The number of amides is 1. The van der Waals surface area contributed by atoms with E-state index < -0.39 is 17.2 Å². The van der Waals surface area contributed by atoms with E-state index in [1.807, 2.05) is 20.8 Å². The summed E-state index contributed by atoms with van der Waals surface area (Å²) < 4.78 is 10.5. The molecule has 128 valence electrons. The molecule has 0 radical (unpaired) electrons. The van der Waals surface area contributed by atoms with Gasteiger partial charge in [-0.05, 0) is 46.0 Å². The van der Waals surface area contributed by atoms with Gasteiger partial charge in [0, 0.05) is 6.54 Å². The Kier molecular flexibility index (Phi) is 6.27. The standard InChI is InChI=1S/C17H31NO4/c1-7-13(8-2)12-17(14(19)21-6)10-9-11-18(17)15(20)22-16(3,4)5/h13H,7-12H2,1-6H3. The van der Waals surface area contributed by atoms with E-state index in [0.29, 0.717) is 25.3 Å². The topological polar surface area (TPSA) is 55.8 Å². The average Bonchev–Trinajstić information content (AvgIpc) is 2.87. The van der Waals surface area contributed by atoms with Crippen LogP contribution in [0.1, 0.15) is 66.7 Å². The van der Waals surface area contributed by atoms with Gasteiger partial charge in [0.15, 0.2) is 0 Å². The summed E-state index contributed by atoms with van der Waals surface area (Å²) in [6.45, 7) is 10.3. The highest BCUT2D eigenvalue weighted by atomic mass is 16.6. The predicted octanol–water partition coefficient (Wildman–Crippen LogP) is 3.76. The molecule has 1 heterocycles. The second kappa shape index (κ2) is 7.34. The van der Waals surface area contributed by atoms with Crippen molar-refractivity contribution in [2.75, 3.05) is 13.7 Å². The van der Waals surface area contributed by atoms with Crippen LogP contribution in [0.5, 0.6) is 0 Å². The molecule has 0 aliphatic carbocycles. The third kappa shape index (κ3) is 4.14. The van der Waals surface area contributed by atoms with Crippen molar-refractivity contribution in [2.24, 2.45) is 5.92 Å². The first-order chi connectivity index (χ1) is 10.2. The first kappa shape index (κ1) is 18.8. The normalized spacial score (nSPS) is 22.0. The number of carbonyl (C=O) groups is 2. The van der Waals surface area contributed by atoms with E-state index in [9.17, 15) is 9.59 Å². The summed E-state index contributed by atoms with van der Waals surface area (Å²) in [6, 6.07) is 0. The van der Waals surface area contributed by atoms with Crippen LogP contribution in [0.4, 0.5) is 4.79 Å². The van der Waals surface area contributed by atoms with Gasteiger partial charge in [-0.1, -0.05) is 26.7 Å². The molecule has 1 aliphatic heterocycles. The van der Waals surface area contributed by atoms with Crippen molar-refractivity contribution in [1.82, 2.24) is 4.90 Å². The first-order valence-electron chi connectivity index (χ1n) is 8.29. The minimum Gasteiger partial charge on any atom is -0.467 e. The summed E-state index contributed by atoms with van der Waals surface area (Å²) in [4.78, 5) is 26.7. The Labute approximate surface area is 134 Å². The summed E-state index contributed by atoms with van der Waals surface area (Å²) in [5.74, 6) is 0.0740. The highest BCUT2D eigenvalue weighted by Crippen LogP contribution is 2.38. The zero-order valence-corrected chi connectivity index (χ0v) is 14.9. The average molecular weight is 313 g/mol. The van der Waals surface area contributed by atoms with E-state index in [2.05, 4.69) is 13.8 Å². The monoisotopic (exact) mass is 313 g/mol. The van der Waals surface area contributed by atoms with Crippen molar-refractivity contribution in [3.63, 3.8) is 0 Å². The molecular weight excluding hydrogens is 282 g/mol. The number of hydrogen-bond acceptors (Lipinski definition) is 4. The van der Waals surface area contributed by atoms with Gasteiger partial charge >= 0.3 is 12.1 Å². The molecule has 0 N–H and O–H groups in total. The van der Waals surface area contributed by atoms with E-state index in [-0.39, 0.29) is 5.97 Å². The molecule has 1 aliphatic rings. The van der Waals surface area contributed by atoms with E-state index >= 15 is 0 Å². The molecule has 0 aromatic heterocycles. The van der Waals surface area contributed by atoms with Crippen LogP contribution in [-0.2, 0) is 14.3 Å². The molecule has 22 heavy (non-hydrogen) atoms. The highest BCUT2D eigenvalue weighted by Gasteiger charge is 2.52. The second-order valence-corrected chi connectivity index (χ2v) is 7.15. The maximum absolute atomic E-state index is 12.6. The number of nitrogens with zero attached hydrogens (tertiary/aromatic N) is 1. The largest absolute Gasteiger partial charge is 0.467 e. The Morgan fingerprint density at radius 1 is 1.23 bits per heavy atom. The van der Waals surface area contributed by atoms with Crippen LogP contribution in [-0.4, -0.2) is 41.8 Å². The quantitative estimate of drug-likeness (QED) is 0.725. The minimum atomic E-state index is -0.867. The molecule has 1 unspecified atom stereocenters. The van der Waals surface area contributed by atoms with Crippen molar-refractivity contribution >= 4 is 12.1 Å². The number of hydrogen-bond donors (Lipinski definition) is 0. The summed E-state index contributed by atoms with van der Waals surface area (Å²) in [5, 5.41) is 0. The number of esters is 1. The van der Waals surface area contributed by atoms with Gasteiger partial charge in [-0.2, -0.15) is 0 Å². The fraction of sp³-hybridized carbons (Fsp3) is 0.882. The van der Waals surface area contributed by atoms with E-state index in [4.69, 9.17) is 9.47 Å². The molecule has 1 saturated heterocycles. The Bertz CT molecular complexity index is 398. The molecule has 0 aromatic rings. The Morgan fingerprint density at radius 2 is 1.82 bits per heavy atom. The van der Waals surface area contributed by atoms with Crippen molar-refractivity contribution in [1.29, 1.82) is 0 Å². The van der Waals surface area contributed by atoms with Gasteiger partial charge in [0.2, 0.25) is 0 Å². The lowest BCUT2D eigenvalue weighted by Gasteiger charge is -2.38. The highest BCUT2D eigenvalue weighted by molar-refractivity contribution is 5.86. The van der Waals surface area contributed by atoms with Crippen molar-refractivity contribution < 1.29 is 19.1 Å². The smallest absolute Gasteiger partial charge is 0.411 e. The van der Waals surface area contributed by atoms with Gasteiger partial charge in [0.05, 0.1) is 7.11 Å². The Hall–Kier alpha value is -1.26. The molecule has 1 amide bonds. The van der Waals surface area contributed by atoms with Crippen molar-refractivity contribution in [3.05, 3.63) is 0 Å². The maximum Gasteiger partial charge on any atom is 0.411 e. The fourth-order valence-corrected chi connectivity index (χ4v) is 3.21. The summed E-state index contributed by atoms with van der Waals surface area (Å²) in [7, 11) is 1.39. The summed E-state index contributed by atoms with van der Waals surface area (Å²) in [6.07, 6.45) is 3.64. The van der Waals surface area contributed by atoms with Crippen LogP contribution in [0.15, 0.2) is 0 Å². The number of likely N-dealkylation sites (tertiary alicyclic amines) is 1. The molecule has 5 heteroatoms. The lowest BCUT2D eigenvalue weighted by atomic mass is 9.82. The SMILES string of the molecule is CCC(CC)CC1(C(=O)OC)CCCN1C(=O)OC(C)(C)C. The van der Waals surface area contributed by atoms with Gasteiger partial charge < -0.3 is 9.47 Å². The zero-order valence-electron chi connectivity index (χ0n) is 14.9. The molecule has 0 aromatic carbocycles. The summed E-state index contributed by atoms with van der Waals surface area (Å²) in [5.41, 5.74) is -1.44. The number of rotatable bonds is 5. The van der Waals surface area contributed by atoms with Gasteiger partial charge in [-0.15, -0.1) is 0 Å². The van der Waals surface area contributed by atoms with Crippen molar-refractivity contribution in [3.8, 4) is 0 Å². The molecule has 1 atom stereocenters. The molecule has 0 saturated carbocycles. The van der Waals surface area contributed by atoms with Gasteiger partial charge in [-0.25, -0.2) is 9.59 Å². The van der Waals surface area contributed by atoms with Crippen LogP contribution in [0.3, 0.4) is 0 Å². The molecular formula is C17H31NO4.